The van der Waals surface area contributed by atoms with E-state index in [-0.39, 0.29) is 22.6 Å². The van der Waals surface area contributed by atoms with Crippen LogP contribution in [0.15, 0.2) is 36.4 Å². The van der Waals surface area contributed by atoms with E-state index in [1.807, 2.05) is 0 Å². The van der Waals surface area contributed by atoms with Gasteiger partial charge in [0.05, 0.1) is 21.3 Å². The minimum atomic E-state index is -0.446. The molecular formula is C24H29N3O5S. The van der Waals surface area contributed by atoms with Gasteiger partial charge in [-0.15, -0.1) is 0 Å². The average Bonchev–Trinajstić information content (AvgIpc) is 2.83. The molecule has 33 heavy (non-hydrogen) atoms. The molecule has 2 aromatic rings. The molecule has 0 radical (unpaired) electrons. The highest BCUT2D eigenvalue weighted by molar-refractivity contribution is 7.80. The van der Waals surface area contributed by atoms with Crippen molar-refractivity contribution in [1.29, 1.82) is 0 Å². The lowest BCUT2D eigenvalue weighted by Gasteiger charge is -2.22. The van der Waals surface area contributed by atoms with Crippen LogP contribution in [0.3, 0.4) is 0 Å². The van der Waals surface area contributed by atoms with Gasteiger partial charge in [0.25, 0.3) is 11.8 Å². The Labute approximate surface area is 199 Å². The number of thiocarbonyl (C=S) groups is 1. The van der Waals surface area contributed by atoms with Crippen LogP contribution in [-0.4, -0.2) is 44.3 Å². The quantitative estimate of drug-likeness (QED) is 0.527. The van der Waals surface area contributed by atoms with Crippen molar-refractivity contribution in [2.45, 2.75) is 38.1 Å². The van der Waals surface area contributed by atoms with E-state index in [9.17, 15) is 9.59 Å². The first kappa shape index (κ1) is 24.3. The largest absolute Gasteiger partial charge is 0.493 e. The van der Waals surface area contributed by atoms with Crippen LogP contribution in [0.1, 0.15) is 52.8 Å². The Morgan fingerprint density at radius 3 is 2.15 bits per heavy atom. The lowest BCUT2D eigenvalue weighted by molar-refractivity contribution is 0.0926. The van der Waals surface area contributed by atoms with Gasteiger partial charge in [0, 0.05) is 22.9 Å². The summed E-state index contributed by atoms with van der Waals surface area (Å²) < 4.78 is 15.9. The SMILES string of the molecule is COc1cc(C(=O)NC(=S)Nc2cccc(C(=O)NC3CCCCC3)c2)cc(OC)c1OC. The van der Waals surface area contributed by atoms with Gasteiger partial charge in [0.1, 0.15) is 0 Å². The number of nitrogens with one attached hydrogen (secondary N) is 3. The average molecular weight is 472 g/mol. The Hall–Kier alpha value is -3.33. The molecule has 0 bridgehead atoms. The van der Waals surface area contributed by atoms with E-state index in [4.69, 9.17) is 26.4 Å². The topological polar surface area (TPSA) is 97.9 Å². The molecule has 0 spiro atoms. The van der Waals surface area contributed by atoms with E-state index in [1.54, 1.807) is 24.3 Å². The number of carbonyl (C=O) groups is 2. The van der Waals surface area contributed by atoms with Gasteiger partial charge in [0.2, 0.25) is 5.75 Å². The van der Waals surface area contributed by atoms with Gasteiger partial charge in [-0.25, -0.2) is 0 Å². The number of hydrogen-bond donors (Lipinski definition) is 3. The second kappa shape index (κ2) is 11.5. The van der Waals surface area contributed by atoms with Gasteiger partial charge >= 0.3 is 0 Å². The van der Waals surface area contributed by atoms with Crippen LogP contribution in [0, 0.1) is 0 Å². The monoisotopic (exact) mass is 471 g/mol. The highest BCUT2D eigenvalue weighted by atomic mass is 32.1. The summed E-state index contributed by atoms with van der Waals surface area (Å²) in [6, 6.07) is 10.3. The molecule has 0 atom stereocenters. The Balaban J connectivity index is 1.64. The molecule has 9 heteroatoms. The molecule has 0 aliphatic heterocycles. The fraction of sp³-hybridized carbons (Fsp3) is 0.375. The van der Waals surface area contributed by atoms with Gasteiger partial charge in [0.15, 0.2) is 16.6 Å². The molecule has 0 aromatic heterocycles. The zero-order valence-electron chi connectivity index (χ0n) is 19.0. The molecule has 8 nitrogen and oxygen atoms in total. The van der Waals surface area contributed by atoms with E-state index >= 15 is 0 Å². The van der Waals surface area contributed by atoms with Crippen molar-refractivity contribution in [3.8, 4) is 17.2 Å². The van der Waals surface area contributed by atoms with E-state index < -0.39 is 5.91 Å². The van der Waals surface area contributed by atoms with E-state index in [2.05, 4.69) is 16.0 Å². The Morgan fingerprint density at radius 1 is 0.879 bits per heavy atom. The lowest BCUT2D eigenvalue weighted by atomic mass is 9.95. The van der Waals surface area contributed by atoms with Crippen LogP contribution in [0.4, 0.5) is 5.69 Å². The predicted molar refractivity (Wildman–Crippen MR) is 131 cm³/mol. The van der Waals surface area contributed by atoms with Crippen LogP contribution in [-0.2, 0) is 0 Å². The summed E-state index contributed by atoms with van der Waals surface area (Å²) in [5.41, 5.74) is 1.42. The number of carbonyl (C=O) groups excluding carboxylic acids is 2. The molecule has 1 saturated carbocycles. The summed E-state index contributed by atoms with van der Waals surface area (Å²) >= 11 is 5.29. The van der Waals surface area contributed by atoms with Crippen molar-refractivity contribution in [1.82, 2.24) is 10.6 Å². The van der Waals surface area contributed by atoms with Crippen LogP contribution >= 0.6 is 12.2 Å². The maximum atomic E-state index is 12.7. The number of ether oxygens (including phenoxy) is 3. The maximum absolute atomic E-state index is 12.7. The van der Waals surface area contributed by atoms with Crippen molar-refractivity contribution < 1.29 is 23.8 Å². The molecule has 1 aliphatic carbocycles. The van der Waals surface area contributed by atoms with Crippen LogP contribution in [0.5, 0.6) is 17.2 Å². The van der Waals surface area contributed by atoms with Crippen molar-refractivity contribution in [3.05, 3.63) is 47.5 Å². The van der Waals surface area contributed by atoms with E-state index in [0.717, 1.165) is 25.7 Å². The predicted octanol–water partition coefficient (Wildman–Crippen LogP) is 3.90. The van der Waals surface area contributed by atoms with Crippen LogP contribution < -0.4 is 30.2 Å². The Bertz CT molecular complexity index is 996. The second-order valence-corrected chi connectivity index (χ2v) is 8.12. The molecule has 176 valence electrons. The number of hydrogen-bond acceptors (Lipinski definition) is 6. The first-order chi connectivity index (χ1) is 15.9. The van der Waals surface area contributed by atoms with Crippen molar-refractivity contribution in [3.63, 3.8) is 0 Å². The van der Waals surface area contributed by atoms with Crippen molar-refractivity contribution >= 4 is 34.8 Å². The fourth-order valence-electron chi connectivity index (χ4n) is 3.80. The first-order valence-electron chi connectivity index (χ1n) is 10.8. The van der Waals surface area contributed by atoms with Crippen molar-refractivity contribution in [2.75, 3.05) is 26.6 Å². The summed E-state index contributed by atoms with van der Waals surface area (Å²) in [6.07, 6.45) is 5.55. The zero-order chi connectivity index (χ0) is 23.8. The number of rotatable bonds is 7. The fourth-order valence-corrected chi connectivity index (χ4v) is 4.01. The van der Waals surface area contributed by atoms with E-state index in [0.29, 0.717) is 28.5 Å². The molecule has 0 heterocycles. The number of benzene rings is 2. The van der Waals surface area contributed by atoms with Gasteiger partial charge in [-0.2, -0.15) is 0 Å². The third kappa shape index (κ3) is 6.35. The van der Waals surface area contributed by atoms with Crippen LogP contribution in [0.2, 0.25) is 0 Å². The molecule has 3 rings (SSSR count). The van der Waals surface area contributed by atoms with Gasteiger partial charge in [-0.3, -0.25) is 14.9 Å². The highest BCUT2D eigenvalue weighted by Gasteiger charge is 2.19. The summed E-state index contributed by atoms with van der Waals surface area (Å²) in [6.45, 7) is 0. The summed E-state index contributed by atoms with van der Waals surface area (Å²) in [7, 11) is 4.44. The molecule has 1 aliphatic rings. The van der Waals surface area contributed by atoms with Gasteiger partial charge in [-0.05, 0) is 55.4 Å². The highest BCUT2D eigenvalue weighted by Crippen LogP contribution is 2.38. The van der Waals surface area contributed by atoms with Crippen LogP contribution in [0.25, 0.3) is 0 Å². The molecule has 2 aromatic carbocycles. The van der Waals surface area contributed by atoms with Gasteiger partial charge in [-0.1, -0.05) is 25.3 Å². The standard InChI is InChI=1S/C24H29N3O5S/c1-30-19-13-16(14-20(31-2)21(19)32-3)23(29)27-24(33)26-18-11-7-8-15(12-18)22(28)25-17-9-5-4-6-10-17/h7-8,11-14,17H,4-6,9-10H2,1-3H3,(H,25,28)(H2,26,27,29,33). The first-order valence-corrected chi connectivity index (χ1v) is 11.2. The third-order valence-electron chi connectivity index (χ3n) is 5.48. The summed E-state index contributed by atoms with van der Waals surface area (Å²) in [5, 5.41) is 8.77. The van der Waals surface area contributed by atoms with E-state index in [1.165, 1.54) is 39.9 Å². The maximum Gasteiger partial charge on any atom is 0.257 e. The third-order valence-corrected chi connectivity index (χ3v) is 5.68. The Kier molecular flexibility index (Phi) is 8.48. The summed E-state index contributed by atoms with van der Waals surface area (Å²) in [5.74, 6) is 0.548. The number of anilines is 1. The summed E-state index contributed by atoms with van der Waals surface area (Å²) in [4.78, 5) is 25.3. The molecule has 2 amide bonds. The van der Waals surface area contributed by atoms with Crippen molar-refractivity contribution in [2.24, 2.45) is 0 Å². The molecule has 1 fully saturated rings. The zero-order valence-corrected chi connectivity index (χ0v) is 19.8. The second-order valence-electron chi connectivity index (χ2n) is 7.71. The minimum absolute atomic E-state index is 0.0959. The minimum Gasteiger partial charge on any atom is -0.493 e. The number of methoxy groups -OCH3 is 3. The molecular weight excluding hydrogens is 442 g/mol. The number of amides is 2. The molecule has 0 unspecified atom stereocenters. The lowest BCUT2D eigenvalue weighted by Crippen LogP contribution is -2.36. The molecule has 0 saturated heterocycles. The smallest absolute Gasteiger partial charge is 0.257 e. The van der Waals surface area contributed by atoms with Gasteiger partial charge < -0.3 is 24.8 Å². The Morgan fingerprint density at radius 2 is 1.55 bits per heavy atom. The molecule has 3 N–H and O–H groups in total. The normalized spacial score (nSPS) is 13.5.